The summed E-state index contributed by atoms with van der Waals surface area (Å²) in [6.07, 6.45) is 75.8. The molecule has 0 aliphatic carbocycles. The summed E-state index contributed by atoms with van der Waals surface area (Å²) >= 11 is 0. The van der Waals surface area contributed by atoms with E-state index in [1.54, 1.807) is 0 Å². The van der Waals surface area contributed by atoms with E-state index in [0.29, 0.717) is 17.4 Å². The highest BCUT2D eigenvalue weighted by Crippen LogP contribution is 2.17. The molecule has 2 unspecified atom stereocenters. The molecule has 0 saturated heterocycles. The molecule has 9 nitrogen and oxygen atoms in total. The van der Waals surface area contributed by atoms with Crippen molar-refractivity contribution in [3.8, 4) is 0 Å². The largest absolute Gasteiger partial charge is 0.477 e. The van der Waals surface area contributed by atoms with Gasteiger partial charge in [-0.2, -0.15) is 0 Å². The number of carboxylic acids is 1. The average molecular weight is 1100 g/mol. The molecule has 0 spiro atoms. The first-order chi connectivity index (χ1) is 38.1. The summed E-state index contributed by atoms with van der Waals surface area (Å²) in [5.74, 6) is -2.00. The van der Waals surface area contributed by atoms with Gasteiger partial charge in [-0.15, -0.1) is 0 Å². The van der Waals surface area contributed by atoms with Crippen LogP contribution in [-0.4, -0.2) is 87.4 Å². The lowest BCUT2D eigenvalue weighted by molar-refractivity contribution is -0.870. The molecule has 0 bridgehead atoms. The highest BCUT2D eigenvalue weighted by atomic mass is 16.7. The van der Waals surface area contributed by atoms with Crippen LogP contribution in [0.3, 0.4) is 0 Å². The minimum Gasteiger partial charge on any atom is -0.477 e. The van der Waals surface area contributed by atoms with Gasteiger partial charge in [0.25, 0.3) is 6.29 Å². The zero-order valence-electron chi connectivity index (χ0n) is 51.6. The fraction of sp³-hybridized carbons (Fsp3) is 0.783. The molecule has 0 saturated carbocycles. The van der Waals surface area contributed by atoms with Crippen LogP contribution < -0.4 is 0 Å². The van der Waals surface area contributed by atoms with E-state index in [9.17, 15) is 19.5 Å². The molecule has 0 fully saturated rings. The Hall–Kier alpha value is -3.27. The van der Waals surface area contributed by atoms with Gasteiger partial charge in [-0.05, 0) is 83.5 Å². The maximum atomic E-state index is 12.9. The Kier molecular flexibility index (Phi) is 57.3. The van der Waals surface area contributed by atoms with E-state index in [1.165, 1.54) is 180 Å². The molecular formula is C69H124NO8+. The molecule has 78 heavy (non-hydrogen) atoms. The Morgan fingerprint density at radius 3 is 1.10 bits per heavy atom. The van der Waals surface area contributed by atoms with Gasteiger partial charge in [0.05, 0.1) is 34.4 Å². The van der Waals surface area contributed by atoms with Crippen LogP contribution in [0.4, 0.5) is 0 Å². The summed E-state index contributed by atoms with van der Waals surface area (Å²) in [4.78, 5) is 37.5. The number of ether oxygens (including phenoxy) is 4. The van der Waals surface area contributed by atoms with Crippen LogP contribution in [0.25, 0.3) is 0 Å². The topological polar surface area (TPSA) is 108 Å². The second-order valence-corrected chi connectivity index (χ2v) is 23.0. The number of aliphatic carboxylic acids is 1. The average Bonchev–Trinajstić information content (AvgIpc) is 3.41. The van der Waals surface area contributed by atoms with Crippen molar-refractivity contribution in [1.29, 1.82) is 0 Å². The third-order valence-electron chi connectivity index (χ3n) is 14.2. The number of allylic oxidation sites excluding steroid dienone is 12. The van der Waals surface area contributed by atoms with Crippen LogP contribution in [-0.2, 0) is 33.3 Å². The van der Waals surface area contributed by atoms with Gasteiger partial charge in [0.1, 0.15) is 13.2 Å². The molecule has 0 aliphatic rings. The highest BCUT2D eigenvalue weighted by Gasteiger charge is 2.25. The summed E-state index contributed by atoms with van der Waals surface area (Å²) in [5, 5.41) is 9.71. The van der Waals surface area contributed by atoms with Crippen molar-refractivity contribution in [1.82, 2.24) is 0 Å². The number of nitrogens with zero attached hydrogens (tertiary/aromatic N) is 1. The van der Waals surface area contributed by atoms with Crippen molar-refractivity contribution in [2.45, 2.75) is 302 Å². The maximum absolute atomic E-state index is 12.9. The molecule has 9 heteroatoms. The van der Waals surface area contributed by atoms with Crippen molar-refractivity contribution in [2.75, 3.05) is 47.5 Å². The fourth-order valence-electron chi connectivity index (χ4n) is 9.21. The summed E-state index contributed by atoms with van der Waals surface area (Å²) in [7, 11) is 5.97. The van der Waals surface area contributed by atoms with Gasteiger partial charge in [0.15, 0.2) is 6.10 Å². The zero-order chi connectivity index (χ0) is 56.9. The lowest BCUT2D eigenvalue weighted by atomic mass is 10.0. The summed E-state index contributed by atoms with van der Waals surface area (Å²) in [6, 6.07) is 0. The smallest absolute Gasteiger partial charge is 0.361 e. The van der Waals surface area contributed by atoms with E-state index in [2.05, 4.69) is 86.8 Å². The molecular weight excluding hydrogens is 971 g/mol. The molecule has 2 atom stereocenters. The Morgan fingerprint density at radius 2 is 0.731 bits per heavy atom. The molecule has 452 valence electrons. The Labute approximate surface area is 481 Å². The Balaban J connectivity index is 4.03. The first-order valence-corrected chi connectivity index (χ1v) is 32.6. The molecule has 0 aromatic carbocycles. The standard InChI is InChI=1S/C69H123NO8/c1-6-8-10-12-14-16-18-20-22-24-25-26-27-28-29-30-31-32-33-34-35-36-37-38-39-40-41-42-43-44-46-48-50-52-54-56-58-60-67(72)78-65(64-77-69(68(73)74)75-62-61-70(3,4)5)63-76-66(71)59-57-55-53-51-49-47-45-23-21-19-17-15-13-11-9-7-2/h8,10,14,16,20,22-23,25-26,28-29,45,65,69H,6-7,9,11-13,15,17-19,21,24,27,30-44,46-64H2,1-5H3/p+1/b10-8-,16-14-,22-20-,26-25-,29-28-,45-23-. The van der Waals surface area contributed by atoms with Gasteiger partial charge in [-0.3, -0.25) is 9.59 Å². The predicted molar refractivity (Wildman–Crippen MR) is 332 cm³/mol. The van der Waals surface area contributed by atoms with Gasteiger partial charge in [0, 0.05) is 12.8 Å². The zero-order valence-corrected chi connectivity index (χ0v) is 51.6. The quantitative estimate of drug-likeness (QED) is 0.0211. The van der Waals surface area contributed by atoms with E-state index in [0.717, 1.165) is 83.5 Å². The second kappa shape index (κ2) is 59.8. The monoisotopic (exact) mass is 1090 g/mol. The van der Waals surface area contributed by atoms with Crippen molar-refractivity contribution in [3.05, 3.63) is 72.9 Å². The van der Waals surface area contributed by atoms with Gasteiger partial charge in [0.2, 0.25) is 0 Å². The van der Waals surface area contributed by atoms with Gasteiger partial charge in [-0.1, -0.05) is 267 Å². The first-order valence-electron chi connectivity index (χ1n) is 32.6. The van der Waals surface area contributed by atoms with Crippen molar-refractivity contribution < 1.29 is 42.9 Å². The summed E-state index contributed by atoms with van der Waals surface area (Å²) in [6.45, 7) is 4.78. The number of hydrogen-bond acceptors (Lipinski definition) is 7. The lowest BCUT2D eigenvalue weighted by Gasteiger charge is -2.25. The number of unbranched alkanes of at least 4 members (excludes halogenated alkanes) is 33. The SMILES string of the molecule is CC/C=C\C/C=C\C/C=C\C/C=C\C/C=C\CCCCCCCCCCCCCCCCCCCCCCCC(=O)OC(COC(=O)CCCCCCC/C=C\CCCCCCCCC)COC(OCC[N+](C)(C)C)C(=O)O. The Bertz CT molecular complexity index is 1510. The third-order valence-corrected chi connectivity index (χ3v) is 14.2. The summed E-state index contributed by atoms with van der Waals surface area (Å²) < 4.78 is 22.9. The van der Waals surface area contributed by atoms with Crippen LogP contribution in [0, 0.1) is 0 Å². The Morgan fingerprint density at radius 1 is 0.397 bits per heavy atom. The molecule has 0 aromatic rings. The molecule has 0 aliphatic heterocycles. The number of likely N-dealkylation sites (N-methyl/N-ethyl adjacent to an activating group) is 1. The molecule has 0 rings (SSSR count). The lowest BCUT2D eigenvalue weighted by Crippen LogP contribution is -2.40. The minimum absolute atomic E-state index is 0.184. The first kappa shape index (κ1) is 74.7. The minimum atomic E-state index is -1.51. The van der Waals surface area contributed by atoms with Gasteiger partial charge in [-0.25, -0.2) is 4.79 Å². The fourth-order valence-corrected chi connectivity index (χ4v) is 9.21. The normalized spacial score (nSPS) is 13.2. The highest BCUT2D eigenvalue weighted by molar-refractivity contribution is 5.71. The van der Waals surface area contributed by atoms with Crippen LogP contribution in [0.1, 0.15) is 290 Å². The number of esters is 2. The number of quaternary nitrogens is 1. The number of carboxylic acid groups (broad SMARTS) is 1. The third kappa shape index (κ3) is 60.4. The molecule has 0 radical (unpaired) electrons. The predicted octanol–water partition coefficient (Wildman–Crippen LogP) is 19.7. The van der Waals surface area contributed by atoms with Gasteiger partial charge >= 0.3 is 17.9 Å². The van der Waals surface area contributed by atoms with E-state index in [1.807, 2.05) is 21.1 Å². The number of rotatable bonds is 60. The van der Waals surface area contributed by atoms with Crippen molar-refractivity contribution in [2.24, 2.45) is 0 Å². The number of hydrogen-bond donors (Lipinski definition) is 1. The van der Waals surface area contributed by atoms with E-state index in [4.69, 9.17) is 18.9 Å². The van der Waals surface area contributed by atoms with Crippen LogP contribution in [0.5, 0.6) is 0 Å². The number of carbonyl (C=O) groups is 3. The second-order valence-electron chi connectivity index (χ2n) is 23.0. The maximum Gasteiger partial charge on any atom is 0.361 e. The molecule has 0 aromatic heterocycles. The summed E-state index contributed by atoms with van der Waals surface area (Å²) in [5.41, 5.74) is 0. The van der Waals surface area contributed by atoms with Crippen LogP contribution in [0.15, 0.2) is 72.9 Å². The van der Waals surface area contributed by atoms with E-state index < -0.39 is 24.3 Å². The molecule has 0 heterocycles. The van der Waals surface area contributed by atoms with E-state index in [-0.39, 0.29) is 32.2 Å². The van der Waals surface area contributed by atoms with Crippen LogP contribution in [0.2, 0.25) is 0 Å². The van der Waals surface area contributed by atoms with Gasteiger partial charge < -0.3 is 28.5 Å². The molecule has 0 amide bonds. The van der Waals surface area contributed by atoms with E-state index >= 15 is 0 Å². The molecule has 1 N–H and O–H groups in total. The van der Waals surface area contributed by atoms with Crippen LogP contribution >= 0.6 is 0 Å². The van der Waals surface area contributed by atoms with Crippen molar-refractivity contribution in [3.63, 3.8) is 0 Å². The van der Waals surface area contributed by atoms with Crippen molar-refractivity contribution >= 4 is 17.9 Å². The number of carbonyl (C=O) groups excluding carboxylic acids is 2.